The molecular weight excluding hydrogens is 298 g/mol. The van der Waals surface area contributed by atoms with Crippen molar-refractivity contribution in [1.82, 2.24) is 4.57 Å². The van der Waals surface area contributed by atoms with Crippen LogP contribution in [0.5, 0.6) is 0 Å². The number of thiophene rings is 1. The van der Waals surface area contributed by atoms with E-state index < -0.39 is 0 Å². The van der Waals surface area contributed by atoms with Crippen molar-refractivity contribution in [2.24, 2.45) is 0 Å². The average molecular weight is 315 g/mol. The molecule has 0 saturated heterocycles. The molecule has 0 aliphatic carbocycles. The highest BCUT2D eigenvalue weighted by Gasteiger charge is 2.06. The van der Waals surface area contributed by atoms with Crippen molar-refractivity contribution in [3.05, 3.63) is 94.3 Å². The van der Waals surface area contributed by atoms with Crippen molar-refractivity contribution >= 4 is 34.4 Å². The first-order valence-corrected chi connectivity index (χ1v) is 8.61. The van der Waals surface area contributed by atoms with Gasteiger partial charge in [0, 0.05) is 34.1 Å². The monoisotopic (exact) mass is 315 g/mol. The van der Waals surface area contributed by atoms with E-state index in [-0.39, 0.29) is 0 Å². The number of benzene rings is 2. The molecule has 2 aromatic carbocycles. The van der Waals surface area contributed by atoms with Crippen LogP contribution in [-0.4, -0.2) is 4.57 Å². The maximum atomic E-state index is 2.33. The highest BCUT2D eigenvalue weighted by Crippen LogP contribution is 2.24. The summed E-state index contributed by atoms with van der Waals surface area (Å²) in [5.41, 5.74) is 3.87. The fourth-order valence-corrected chi connectivity index (χ4v) is 3.49. The summed E-state index contributed by atoms with van der Waals surface area (Å²) in [5, 5.41) is 3.41. The summed E-state index contributed by atoms with van der Waals surface area (Å²) >= 11 is 1.76. The van der Waals surface area contributed by atoms with E-state index in [1.807, 2.05) is 0 Å². The van der Waals surface area contributed by atoms with Gasteiger partial charge in [0.2, 0.25) is 0 Å². The second-order valence-electron chi connectivity index (χ2n) is 5.56. The van der Waals surface area contributed by atoms with Crippen LogP contribution in [0.1, 0.15) is 16.0 Å². The predicted molar refractivity (Wildman–Crippen MR) is 101 cm³/mol. The second kappa shape index (κ2) is 6.27. The van der Waals surface area contributed by atoms with E-state index in [1.54, 1.807) is 11.3 Å². The molecule has 2 aromatic heterocycles. The van der Waals surface area contributed by atoms with Gasteiger partial charge in [-0.05, 0) is 29.2 Å². The van der Waals surface area contributed by atoms with Crippen LogP contribution in [0.25, 0.3) is 23.1 Å². The van der Waals surface area contributed by atoms with E-state index >= 15 is 0 Å². The first-order chi connectivity index (χ1) is 11.4. The third kappa shape index (κ3) is 2.99. The van der Waals surface area contributed by atoms with Crippen LogP contribution in [0.2, 0.25) is 0 Å². The standard InChI is InChI=1S/C21H17NS/c1-2-7-17(8-3-1)15-22-16-18(12-13-19-9-6-14-23-19)20-10-4-5-11-21(20)22/h1-14,16H,15H2/b13-12+. The highest BCUT2D eigenvalue weighted by molar-refractivity contribution is 7.10. The molecule has 0 saturated carbocycles. The Morgan fingerprint density at radius 2 is 1.65 bits per heavy atom. The van der Waals surface area contributed by atoms with E-state index in [9.17, 15) is 0 Å². The molecule has 1 nitrogen and oxygen atoms in total. The predicted octanol–water partition coefficient (Wildman–Crippen LogP) is 5.92. The molecule has 0 fully saturated rings. The zero-order valence-corrected chi connectivity index (χ0v) is 13.5. The summed E-state index contributed by atoms with van der Waals surface area (Å²) in [7, 11) is 0. The van der Waals surface area contributed by atoms with Gasteiger partial charge in [-0.3, -0.25) is 0 Å². The summed E-state index contributed by atoms with van der Waals surface area (Å²) in [5.74, 6) is 0. The molecule has 0 unspecified atom stereocenters. The van der Waals surface area contributed by atoms with Crippen molar-refractivity contribution in [2.45, 2.75) is 6.54 Å². The third-order valence-electron chi connectivity index (χ3n) is 3.99. The van der Waals surface area contributed by atoms with Gasteiger partial charge in [-0.15, -0.1) is 11.3 Å². The van der Waals surface area contributed by atoms with Crippen LogP contribution in [0.15, 0.2) is 78.3 Å². The number of para-hydroxylation sites is 1. The van der Waals surface area contributed by atoms with E-state index in [0.29, 0.717) is 0 Å². The molecule has 0 N–H and O–H groups in total. The Balaban J connectivity index is 1.74. The van der Waals surface area contributed by atoms with Crippen molar-refractivity contribution < 1.29 is 0 Å². The molecule has 2 heterocycles. The second-order valence-corrected chi connectivity index (χ2v) is 6.54. The summed E-state index contributed by atoms with van der Waals surface area (Å²) in [6.45, 7) is 0.897. The minimum Gasteiger partial charge on any atom is -0.342 e. The molecule has 4 rings (SSSR count). The Morgan fingerprint density at radius 3 is 2.48 bits per heavy atom. The fourth-order valence-electron chi connectivity index (χ4n) is 2.88. The Hall–Kier alpha value is -2.58. The zero-order valence-electron chi connectivity index (χ0n) is 12.7. The van der Waals surface area contributed by atoms with Crippen molar-refractivity contribution in [3.63, 3.8) is 0 Å². The van der Waals surface area contributed by atoms with Gasteiger partial charge >= 0.3 is 0 Å². The van der Waals surface area contributed by atoms with Gasteiger partial charge in [0.05, 0.1) is 0 Å². The van der Waals surface area contributed by atoms with Gasteiger partial charge in [0.15, 0.2) is 0 Å². The lowest BCUT2D eigenvalue weighted by molar-refractivity contribution is 0.836. The van der Waals surface area contributed by atoms with E-state index in [2.05, 4.69) is 95.0 Å². The maximum Gasteiger partial charge on any atom is 0.0489 e. The zero-order chi connectivity index (χ0) is 15.5. The Kier molecular flexibility index (Phi) is 3.83. The molecule has 0 atom stereocenters. The van der Waals surface area contributed by atoms with Crippen LogP contribution in [0, 0.1) is 0 Å². The van der Waals surface area contributed by atoms with Crippen molar-refractivity contribution in [3.8, 4) is 0 Å². The molecule has 4 aromatic rings. The molecule has 0 spiro atoms. The minimum absolute atomic E-state index is 0.897. The van der Waals surface area contributed by atoms with E-state index in [0.717, 1.165) is 6.54 Å². The molecule has 0 bridgehead atoms. The van der Waals surface area contributed by atoms with E-state index in [4.69, 9.17) is 0 Å². The number of fused-ring (bicyclic) bond motifs is 1. The SMILES string of the molecule is C(=C\c1cn(Cc2ccccc2)c2ccccc12)/c1cccs1. The number of hydrogen-bond donors (Lipinski definition) is 0. The van der Waals surface area contributed by atoms with Crippen molar-refractivity contribution in [2.75, 3.05) is 0 Å². The van der Waals surface area contributed by atoms with Gasteiger partial charge in [0.1, 0.15) is 0 Å². The van der Waals surface area contributed by atoms with Crippen LogP contribution >= 0.6 is 11.3 Å². The lowest BCUT2D eigenvalue weighted by Gasteiger charge is -2.05. The van der Waals surface area contributed by atoms with Crippen molar-refractivity contribution in [1.29, 1.82) is 0 Å². The smallest absolute Gasteiger partial charge is 0.0489 e. The third-order valence-corrected chi connectivity index (χ3v) is 4.82. The molecule has 0 radical (unpaired) electrons. The normalized spacial score (nSPS) is 11.5. The van der Waals surface area contributed by atoms with Gasteiger partial charge in [-0.2, -0.15) is 0 Å². The van der Waals surface area contributed by atoms with Crippen LogP contribution in [-0.2, 0) is 6.54 Å². The molecule has 0 aliphatic rings. The topological polar surface area (TPSA) is 4.93 Å². The largest absolute Gasteiger partial charge is 0.342 e. The quantitative estimate of drug-likeness (QED) is 0.440. The summed E-state index contributed by atoms with van der Waals surface area (Å²) in [4.78, 5) is 1.28. The van der Waals surface area contributed by atoms with Gasteiger partial charge in [-0.25, -0.2) is 0 Å². The number of hydrogen-bond acceptors (Lipinski definition) is 1. The Morgan fingerprint density at radius 1 is 0.826 bits per heavy atom. The van der Waals surface area contributed by atoms with Crippen LogP contribution < -0.4 is 0 Å². The van der Waals surface area contributed by atoms with Gasteiger partial charge < -0.3 is 4.57 Å². The average Bonchev–Trinajstić information content (AvgIpc) is 3.23. The summed E-state index contributed by atoms with van der Waals surface area (Å²) in [6, 6.07) is 23.4. The Labute approximate surface area is 140 Å². The molecule has 23 heavy (non-hydrogen) atoms. The summed E-state index contributed by atoms with van der Waals surface area (Å²) < 4.78 is 2.33. The van der Waals surface area contributed by atoms with Gasteiger partial charge in [0.25, 0.3) is 0 Å². The maximum absolute atomic E-state index is 2.33. The van der Waals surface area contributed by atoms with E-state index in [1.165, 1.54) is 26.9 Å². The number of nitrogens with zero attached hydrogens (tertiary/aromatic N) is 1. The highest BCUT2D eigenvalue weighted by atomic mass is 32.1. The number of rotatable bonds is 4. The van der Waals surface area contributed by atoms with Crippen LogP contribution in [0.4, 0.5) is 0 Å². The number of aromatic nitrogens is 1. The summed E-state index contributed by atoms with van der Waals surface area (Å²) in [6.07, 6.45) is 6.66. The van der Waals surface area contributed by atoms with Crippen LogP contribution in [0.3, 0.4) is 0 Å². The Bertz CT molecular complexity index is 931. The molecule has 112 valence electrons. The molecular formula is C21H17NS. The minimum atomic E-state index is 0.897. The fraction of sp³-hybridized carbons (Fsp3) is 0.0476. The lowest BCUT2D eigenvalue weighted by Crippen LogP contribution is -1.97. The first-order valence-electron chi connectivity index (χ1n) is 7.73. The lowest BCUT2D eigenvalue weighted by atomic mass is 10.1. The van der Waals surface area contributed by atoms with Gasteiger partial charge in [-0.1, -0.05) is 60.7 Å². The molecule has 0 aliphatic heterocycles. The molecule has 2 heteroatoms. The molecule has 0 amide bonds. The first kappa shape index (κ1) is 14.0.